The molecule has 0 radical (unpaired) electrons. The zero-order valence-corrected chi connectivity index (χ0v) is 16.0. The highest BCUT2D eigenvalue weighted by atomic mass is 32.1. The van der Waals surface area contributed by atoms with Crippen LogP contribution in [0.4, 0.5) is 5.69 Å². The van der Waals surface area contributed by atoms with Crippen molar-refractivity contribution in [1.29, 1.82) is 0 Å². The number of benzene rings is 2. The summed E-state index contributed by atoms with van der Waals surface area (Å²) in [5.41, 5.74) is 3.66. The lowest BCUT2D eigenvalue weighted by atomic mass is 10.2. The molecule has 0 aliphatic carbocycles. The lowest BCUT2D eigenvalue weighted by Gasteiger charge is -2.11. The van der Waals surface area contributed by atoms with Crippen LogP contribution in [0.25, 0.3) is 10.2 Å². The third-order valence-electron chi connectivity index (χ3n) is 4.48. The zero-order valence-electron chi connectivity index (χ0n) is 15.2. The number of aromatic nitrogens is 1. The second-order valence-corrected chi connectivity index (χ2v) is 7.25. The van der Waals surface area contributed by atoms with Crippen LogP contribution in [0.1, 0.15) is 26.4 Å². The molecule has 0 saturated carbocycles. The second kappa shape index (κ2) is 7.70. The van der Waals surface area contributed by atoms with Gasteiger partial charge in [0.1, 0.15) is 5.69 Å². The molecule has 0 spiro atoms. The zero-order chi connectivity index (χ0) is 19.5. The number of nitrogens with zero attached hydrogens (tertiary/aromatic N) is 1. The van der Waals surface area contributed by atoms with Crippen molar-refractivity contribution in [3.05, 3.63) is 88.9 Å². The summed E-state index contributed by atoms with van der Waals surface area (Å²) in [6.07, 6.45) is 0. The number of hydrogen-bond donors (Lipinski definition) is 1. The summed E-state index contributed by atoms with van der Waals surface area (Å²) in [6.45, 7) is 0.603. The van der Waals surface area contributed by atoms with Gasteiger partial charge >= 0.3 is 5.97 Å². The summed E-state index contributed by atoms with van der Waals surface area (Å²) in [5, 5.41) is 4.91. The van der Waals surface area contributed by atoms with Crippen LogP contribution in [-0.2, 0) is 11.3 Å². The van der Waals surface area contributed by atoms with Crippen LogP contribution in [0.5, 0.6) is 0 Å². The smallest absolute Gasteiger partial charge is 0.337 e. The minimum Gasteiger partial charge on any atom is -0.465 e. The van der Waals surface area contributed by atoms with E-state index >= 15 is 0 Å². The highest BCUT2D eigenvalue weighted by Gasteiger charge is 2.17. The molecule has 5 nitrogen and oxygen atoms in total. The van der Waals surface area contributed by atoms with Crippen LogP contribution >= 0.6 is 11.3 Å². The van der Waals surface area contributed by atoms with E-state index in [9.17, 15) is 9.59 Å². The summed E-state index contributed by atoms with van der Waals surface area (Å²) in [4.78, 5) is 24.7. The van der Waals surface area contributed by atoms with Crippen LogP contribution in [-0.4, -0.2) is 23.6 Å². The Bertz CT molecular complexity index is 1150. The summed E-state index contributed by atoms with van der Waals surface area (Å²) in [7, 11) is 1.33. The Morgan fingerprint density at radius 3 is 2.64 bits per heavy atom. The fourth-order valence-corrected chi connectivity index (χ4v) is 3.96. The van der Waals surface area contributed by atoms with E-state index in [0.29, 0.717) is 23.5 Å². The number of fused-ring (bicyclic) bond motifs is 1. The molecule has 0 bridgehead atoms. The Labute approximate surface area is 166 Å². The van der Waals surface area contributed by atoms with Crippen molar-refractivity contribution in [1.82, 2.24) is 4.57 Å². The molecule has 4 rings (SSSR count). The largest absolute Gasteiger partial charge is 0.465 e. The maximum atomic E-state index is 13.0. The minimum atomic E-state index is -0.441. The van der Waals surface area contributed by atoms with Crippen molar-refractivity contribution >= 4 is 39.1 Å². The van der Waals surface area contributed by atoms with E-state index in [4.69, 9.17) is 4.74 Å². The van der Waals surface area contributed by atoms with Crippen molar-refractivity contribution in [3.63, 3.8) is 0 Å². The molecule has 2 aromatic heterocycles. The maximum absolute atomic E-state index is 13.0. The molecule has 2 aromatic carbocycles. The molecule has 1 N–H and O–H groups in total. The molecule has 0 fully saturated rings. The predicted molar refractivity (Wildman–Crippen MR) is 111 cm³/mol. The average Bonchev–Trinajstić information content (AvgIpc) is 3.31. The van der Waals surface area contributed by atoms with E-state index in [2.05, 4.69) is 5.32 Å². The first-order valence-corrected chi connectivity index (χ1v) is 9.64. The summed E-state index contributed by atoms with van der Waals surface area (Å²) in [5.74, 6) is -0.662. The molecule has 6 heteroatoms. The number of carbonyl (C=O) groups excluding carboxylic acids is 2. The van der Waals surface area contributed by atoms with Gasteiger partial charge in [-0.25, -0.2) is 4.79 Å². The Hall–Kier alpha value is -3.38. The fourth-order valence-electron chi connectivity index (χ4n) is 3.14. The molecule has 0 unspecified atom stereocenters. The summed E-state index contributed by atoms with van der Waals surface area (Å²) < 4.78 is 7.82. The average molecular weight is 390 g/mol. The van der Waals surface area contributed by atoms with Crippen molar-refractivity contribution in [2.45, 2.75) is 6.54 Å². The monoisotopic (exact) mass is 390 g/mol. The van der Waals surface area contributed by atoms with Gasteiger partial charge < -0.3 is 14.6 Å². The highest BCUT2D eigenvalue weighted by Crippen LogP contribution is 2.27. The van der Waals surface area contributed by atoms with Crippen LogP contribution in [0.2, 0.25) is 0 Å². The number of esters is 1. The Morgan fingerprint density at radius 2 is 1.86 bits per heavy atom. The predicted octanol–water partition coefficient (Wildman–Crippen LogP) is 4.79. The normalized spacial score (nSPS) is 10.8. The standard InChI is InChI=1S/C22H18N2O3S/c1-27-22(26)16-8-5-9-17(12-16)23-21(25)19-13-20-18(10-11-28-20)24(19)14-15-6-3-2-4-7-15/h2-13H,14H2,1H3,(H,23,25). The molecular weight excluding hydrogens is 372 g/mol. The summed E-state index contributed by atoms with van der Waals surface area (Å²) in [6, 6.07) is 20.7. The molecular formula is C22H18N2O3S. The number of rotatable bonds is 5. The van der Waals surface area contributed by atoms with Gasteiger partial charge in [-0.05, 0) is 41.3 Å². The van der Waals surface area contributed by atoms with Crippen LogP contribution in [0.3, 0.4) is 0 Å². The molecule has 0 atom stereocenters. The molecule has 0 saturated heterocycles. The topological polar surface area (TPSA) is 60.3 Å². The quantitative estimate of drug-likeness (QED) is 0.499. The Balaban J connectivity index is 1.65. The molecule has 4 aromatic rings. The molecule has 28 heavy (non-hydrogen) atoms. The maximum Gasteiger partial charge on any atom is 0.337 e. The summed E-state index contributed by atoms with van der Waals surface area (Å²) >= 11 is 1.60. The van der Waals surface area contributed by atoms with Gasteiger partial charge in [-0.15, -0.1) is 11.3 Å². The van der Waals surface area contributed by atoms with E-state index in [0.717, 1.165) is 15.8 Å². The van der Waals surface area contributed by atoms with E-state index < -0.39 is 5.97 Å². The first-order valence-electron chi connectivity index (χ1n) is 8.76. The van der Waals surface area contributed by atoms with Crippen LogP contribution in [0.15, 0.2) is 72.1 Å². The lowest BCUT2D eigenvalue weighted by molar-refractivity contribution is 0.0600. The van der Waals surface area contributed by atoms with Gasteiger partial charge in [0.05, 0.1) is 22.9 Å². The number of methoxy groups -OCH3 is 1. The first-order chi connectivity index (χ1) is 13.7. The van der Waals surface area contributed by atoms with Crippen molar-refractivity contribution in [3.8, 4) is 0 Å². The van der Waals surface area contributed by atoms with Crippen molar-refractivity contribution in [2.75, 3.05) is 12.4 Å². The molecule has 2 heterocycles. The number of thiophene rings is 1. The SMILES string of the molecule is COC(=O)c1cccc(NC(=O)c2cc3sccc3n2Cc2ccccc2)c1. The lowest BCUT2D eigenvalue weighted by Crippen LogP contribution is -2.17. The van der Waals surface area contributed by atoms with E-state index in [1.165, 1.54) is 7.11 Å². The first kappa shape index (κ1) is 18.0. The van der Waals surface area contributed by atoms with Crippen molar-refractivity contribution in [2.24, 2.45) is 0 Å². The van der Waals surface area contributed by atoms with Gasteiger partial charge in [-0.2, -0.15) is 0 Å². The molecule has 1 amide bonds. The van der Waals surface area contributed by atoms with Gasteiger partial charge in [0, 0.05) is 12.2 Å². The van der Waals surface area contributed by atoms with Gasteiger partial charge in [0.25, 0.3) is 5.91 Å². The number of amides is 1. The van der Waals surface area contributed by atoms with E-state index in [1.807, 2.05) is 52.4 Å². The minimum absolute atomic E-state index is 0.221. The number of carbonyl (C=O) groups is 2. The third kappa shape index (κ3) is 3.54. The molecule has 0 aliphatic heterocycles. The van der Waals surface area contributed by atoms with E-state index in [1.54, 1.807) is 35.6 Å². The van der Waals surface area contributed by atoms with Gasteiger partial charge in [0.2, 0.25) is 0 Å². The van der Waals surface area contributed by atoms with Gasteiger partial charge in [-0.1, -0.05) is 36.4 Å². The number of anilines is 1. The van der Waals surface area contributed by atoms with Gasteiger partial charge in [0.15, 0.2) is 0 Å². The van der Waals surface area contributed by atoms with Crippen LogP contribution < -0.4 is 5.32 Å². The highest BCUT2D eigenvalue weighted by molar-refractivity contribution is 7.17. The Morgan fingerprint density at radius 1 is 1.04 bits per heavy atom. The Kier molecular flexibility index (Phi) is 4.95. The fraction of sp³-hybridized carbons (Fsp3) is 0.0909. The van der Waals surface area contributed by atoms with Gasteiger partial charge in [-0.3, -0.25) is 4.79 Å². The van der Waals surface area contributed by atoms with Crippen molar-refractivity contribution < 1.29 is 14.3 Å². The van der Waals surface area contributed by atoms with Crippen LogP contribution in [0, 0.1) is 0 Å². The number of ether oxygens (including phenoxy) is 1. The third-order valence-corrected chi connectivity index (χ3v) is 5.33. The van der Waals surface area contributed by atoms with E-state index in [-0.39, 0.29) is 5.91 Å². The number of hydrogen-bond acceptors (Lipinski definition) is 4. The molecule has 0 aliphatic rings. The number of nitrogens with one attached hydrogen (secondary N) is 1. The molecule has 140 valence electrons. The second-order valence-electron chi connectivity index (χ2n) is 6.30.